The van der Waals surface area contributed by atoms with Gasteiger partial charge in [0, 0.05) is 5.92 Å². The monoisotopic (exact) mass is 264 g/mol. The van der Waals surface area contributed by atoms with Gasteiger partial charge in [0.05, 0.1) is 12.2 Å². The van der Waals surface area contributed by atoms with Crippen molar-refractivity contribution in [1.82, 2.24) is 0 Å². The highest BCUT2D eigenvalue weighted by Gasteiger charge is 2.29. The summed E-state index contributed by atoms with van der Waals surface area (Å²) in [5, 5.41) is 20.9. The highest BCUT2D eigenvalue weighted by Crippen LogP contribution is 2.30. The van der Waals surface area contributed by atoms with Crippen LogP contribution in [0.2, 0.25) is 0 Å². The van der Waals surface area contributed by atoms with Gasteiger partial charge in [-0.25, -0.2) is 0 Å². The van der Waals surface area contributed by atoms with Crippen molar-refractivity contribution in [2.75, 3.05) is 0 Å². The Hall–Kier alpha value is -0.860. The van der Waals surface area contributed by atoms with Gasteiger partial charge in [-0.1, -0.05) is 70.4 Å². The van der Waals surface area contributed by atoms with Gasteiger partial charge in [0.15, 0.2) is 0 Å². The van der Waals surface area contributed by atoms with Crippen LogP contribution in [-0.2, 0) is 0 Å². The second-order valence-corrected chi connectivity index (χ2v) is 5.73. The molecule has 0 saturated carbocycles. The van der Waals surface area contributed by atoms with Gasteiger partial charge in [-0.2, -0.15) is 0 Å². The van der Waals surface area contributed by atoms with E-state index in [1.807, 2.05) is 44.2 Å². The zero-order chi connectivity index (χ0) is 14.3. The molecule has 2 nitrogen and oxygen atoms in total. The van der Waals surface area contributed by atoms with Gasteiger partial charge in [0.2, 0.25) is 0 Å². The Bertz CT molecular complexity index is 334. The summed E-state index contributed by atoms with van der Waals surface area (Å²) in [6, 6.07) is 9.90. The summed E-state index contributed by atoms with van der Waals surface area (Å²) in [4.78, 5) is 0. The minimum absolute atomic E-state index is 0.144. The van der Waals surface area contributed by atoms with Crippen LogP contribution in [0, 0.1) is 5.92 Å². The van der Waals surface area contributed by atoms with Gasteiger partial charge in [-0.15, -0.1) is 0 Å². The summed E-state index contributed by atoms with van der Waals surface area (Å²) in [6.45, 7) is 6.16. The van der Waals surface area contributed by atoms with E-state index >= 15 is 0 Å². The van der Waals surface area contributed by atoms with E-state index in [0.29, 0.717) is 0 Å². The lowest BCUT2D eigenvalue weighted by Crippen LogP contribution is -2.33. The quantitative estimate of drug-likeness (QED) is 0.702. The molecule has 0 saturated heterocycles. The first-order valence-electron chi connectivity index (χ1n) is 7.49. The molecule has 0 amide bonds. The summed E-state index contributed by atoms with van der Waals surface area (Å²) < 4.78 is 0. The third-order valence-corrected chi connectivity index (χ3v) is 3.75. The maximum Gasteiger partial charge on any atom is 0.0656 e. The average molecular weight is 264 g/mol. The second kappa shape index (κ2) is 8.34. The van der Waals surface area contributed by atoms with E-state index < -0.39 is 12.2 Å². The Morgan fingerprint density at radius 3 is 2.16 bits per heavy atom. The average Bonchev–Trinajstić information content (AvgIpc) is 2.40. The van der Waals surface area contributed by atoms with Crippen LogP contribution in [-0.4, -0.2) is 22.4 Å². The van der Waals surface area contributed by atoms with Crippen LogP contribution in [0.3, 0.4) is 0 Å². The summed E-state index contributed by atoms with van der Waals surface area (Å²) >= 11 is 0. The first-order chi connectivity index (χ1) is 9.07. The molecular formula is C17H28O2. The molecule has 0 bridgehead atoms. The predicted octanol–water partition coefficient (Wildman–Crippen LogP) is 3.73. The van der Waals surface area contributed by atoms with Gasteiger partial charge in [0.25, 0.3) is 0 Å². The maximum atomic E-state index is 10.4. The summed E-state index contributed by atoms with van der Waals surface area (Å²) in [6.07, 6.45) is 3.10. The Morgan fingerprint density at radius 1 is 1.00 bits per heavy atom. The van der Waals surface area contributed by atoms with Crippen molar-refractivity contribution in [2.24, 2.45) is 5.92 Å². The Balaban J connectivity index is 2.80. The van der Waals surface area contributed by atoms with Crippen molar-refractivity contribution >= 4 is 0 Å². The number of aliphatic hydroxyl groups excluding tert-OH is 2. The molecule has 0 aliphatic rings. The van der Waals surface area contributed by atoms with E-state index in [2.05, 4.69) is 6.92 Å². The molecule has 0 spiro atoms. The normalized spacial score (nSPS) is 16.3. The standard InChI is InChI=1S/C17H28O2/c1-4-5-7-12-15(18)16(17(19)13(2)3)14-10-8-6-9-11-14/h6,8-11,13,15-19H,4-5,7,12H2,1-3H3. The molecule has 3 atom stereocenters. The molecule has 0 heterocycles. The smallest absolute Gasteiger partial charge is 0.0656 e. The van der Waals surface area contributed by atoms with Gasteiger partial charge >= 0.3 is 0 Å². The molecule has 0 radical (unpaired) electrons. The molecule has 1 aromatic rings. The highest BCUT2D eigenvalue weighted by atomic mass is 16.3. The minimum Gasteiger partial charge on any atom is -0.392 e. The molecule has 2 N–H and O–H groups in total. The van der Waals surface area contributed by atoms with E-state index in [1.165, 1.54) is 0 Å². The van der Waals surface area contributed by atoms with Crippen molar-refractivity contribution in [3.05, 3.63) is 35.9 Å². The Morgan fingerprint density at radius 2 is 1.63 bits per heavy atom. The lowest BCUT2D eigenvalue weighted by atomic mass is 9.81. The summed E-state index contributed by atoms with van der Waals surface area (Å²) in [5.41, 5.74) is 1.03. The topological polar surface area (TPSA) is 40.5 Å². The minimum atomic E-state index is -0.501. The molecule has 0 aliphatic carbocycles. The Labute approximate surface area is 117 Å². The third-order valence-electron chi connectivity index (χ3n) is 3.75. The number of rotatable bonds is 8. The summed E-state index contributed by atoms with van der Waals surface area (Å²) in [7, 11) is 0. The first-order valence-corrected chi connectivity index (χ1v) is 7.49. The van der Waals surface area contributed by atoms with Gasteiger partial charge in [0.1, 0.15) is 0 Å². The van der Waals surface area contributed by atoms with E-state index in [9.17, 15) is 10.2 Å². The Kier molecular flexibility index (Phi) is 7.11. The molecule has 108 valence electrons. The SMILES string of the molecule is CCCCCC(O)C(c1ccccc1)C(O)C(C)C. The van der Waals surface area contributed by atoms with Crippen LogP contribution < -0.4 is 0 Å². The van der Waals surface area contributed by atoms with Crippen molar-refractivity contribution in [1.29, 1.82) is 0 Å². The zero-order valence-electron chi connectivity index (χ0n) is 12.4. The number of unbranched alkanes of at least 4 members (excludes halogenated alkanes) is 2. The van der Waals surface area contributed by atoms with Crippen LogP contribution in [0.25, 0.3) is 0 Å². The molecule has 0 fully saturated rings. The van der Waals surface area contributed by atoms with Gasteiger partial charge < -0.3 is 10.2 Å². The molecule has 1 rings (SSSR count). The van der Waals surface area contributed by atoms with Crippen LogP contribution in [0.15, 0.2) is 30.3 Å². The van der Waals surface area contributed by atoms with Crippen molar-refractivity contribution in [2.45, 2.75) is 64.6 Å². The lowest BCUT2D eigenvalue weighted by molar-refractivity contribution is 0.0226. The lowest BCUT2D eigenvalue weighted by Gasteiger charge is -2.30. The van der Waals surface area contributed by atoms with Crippen LogP contribution >= 0.6 is 0 Å². The fourth-order valence-electron chi connectivity index (χ4n) is 2.52. The maximum absolute atomic E-state index is 10.4. The zero-order valence-corrected chi connectivity index (χ0v) is 12.4. The van der Waals surface area contributed by atoms with Gasteiger partial charge in [-0.05, 0) is 17.9 Å². The van der Waals surface area contributed by atoms with E-state index in [0.717, 1.165) is 31.2 Å². The predicted molar refractivity (Wildman–Crippen MR) is 80.2 cm³/mol. The van der Waals surface area contributed by atoms with Crippen LogP contribution in [0.1, 0.15) is 57.9 Å². The highest BCUT2D eigenvalue weighted by molar-refractivity contribution is 5.22. The summed E-state index contributed by atoms with van der Waals surface area (Å²) in [5.74, 6) is -0.0379. The fourth-order valence-corrected chi connectivity index (χ4v) is 2.52. The molecule has 1 aromatic carbocycles. The molecule has 2 heteroatoms. The van der Waals surface area contributed by atoms with Crippen molar-refractivity contribution in [3.8, 4) is 0 Å². The third kappa shape index (κ3) is 4.96. The first kappa shape index (κ1) is 16.2. The molecule has 3 unspecified atom stereocenters. The molecule has 0 aliphatic heterocycles. The second-order valence-electron chi connectivity index (χ2n) is 5.73. The number of benzene rings is 1. The largest absolute Gasteiger partial charge is 0.392 e. The number of hydrogen-bond donors (Lipinski definition) is 2. The van der Waals surface area contributed by atoms with Gasteiger partial charge in [-0.3, -0.25) is 0 Å². The fraction of sp³-hybridized carbons (Fsp3) is 0.647. The van der Waals surface area contributed by atoms with E-state index in [4.69, 9.17) is 0 Å². The molecule has 19 heavy (non-hydrogen) atoms. The molecule has 0 aromatic heterocycles. The van der Waals surface area contributed by atoms with Crippen molar-refractivity contribution < 1.29 is 10.2 Å². The van der Waals surface area contributed by atoms with E-state index in [1.54, 1.807) is 0 Å². The number of hydrogen-bond acceptors (Lipinski definition) is 2. The van der Waals surface area contributed by atoms with Crippen LogP contribution in [0.5, 0.6) is 0 Å². The van der Waals surface area contributed by atoms with Crippen molar-refractivity contribution in [3.63, 3.8) is 0 Å². The van der Waals surface area contributed by atoms with Crippen LogP contribution in [0.4, 0.5) is 0 Å². The molecular weight excluding hydrogens is 236 g/mol. The van der Waals surface area contributed by atoms with E-state index in [-0.39, 0.29) is 11.8 Å². The number of aliphatic hydroxyl groups is 2.